The van der Waals surface area contributed by atoms with E-state index in [0.29, 0.717) is 0 Å². The molecule has 0 amide bonds. The van der Waals surface area contributed by atoms with Gasteiger partial charge in [-0.2, -0.15) is 0 Å². The predicted octanol–water partition coefficient (Wildman–Crippen LogP) is 2.99. The summed E-state index contributed by atoms with van der Waals surface area (Å²) in [5, 5.41) is 10.5. The van der Waals surface area contributed by atoms with Crippen LogP contribution in [0.3, 0.4) is 0 Å². The Bertz CT molecular complexity index is 450. The number of thiophene rings is 1. The second-order valence-electron chi connectivity index (χ2n) is 4.18. The molecule has 0 spiro atoms. The van der Waals surface area contributed by atoms with Gasteiger partial charge in [0.1, 0.15) is 0 Å². The SMILES string of the molecule is CCCNCCNCc1csc2ccccc12. The number of nitrogens with one attached hydrogen (secondary N) is 2. The fourth-order valence-electron chi connectivity index (χ4n) is 1.87. The van der Waals surface area contributed by atoms with Crippen LogP contribution < -0.4 is 10.6 Å². The zero-order chi connectivity index (χ0) is 11.9. The molecule has 0 fully saturated rings. The summed E-state index contributed by atoms with van der Waals surface area (Å²) in [6.07, 6.45) is 1.20. The van der Waals surface area contributed by atoms with Crippen LogP contribution in [0.2, 0.25) is 0 Å². The Balaban J connectivity index is 1.79. The molecule has 2 nitrogen and oxygen atoms in total. The fraction of sp³-hybridized carbons (Fsp3) is 0.429. The molecule has 0 aliphatic rings. The van der Waals surface area contributed by atoms with Crippen LogP contribution in [0, 0.1) is 0 Å². The average Bonchev–Trinajstić information content (AvgIpc) is 2.77. The molecule has 0 atom stereocenters. The van der Waals surface area contributed by atoms with E-state index in [1.807, 2.05) is 11.3 Å². The maximum atomic E-state index is 3.48. The number of hydrogen-bond acceptors (Lipinski definition) is 3. The van der Waals surface area contributed by atoms with Gasteiger partial charge in [-0.25, -0.2) is 0 Å². The van der Waals surface area contributed by atoms with Crippen molar-refractivity contribution in [3.8, 4) is 0 Å². The van der Waals surface area contributed by atoms with Gasteiger partial charge in [0, 0.05) is 24.3 Å². The lowest BCUT2D eigenvalue weighted by atomic mass is 10.2. The van der Waals surface area contributed by atoms with Gasteiger partial charge >= 0.3 is 0 Å². The van der Waals surface area contributed by atoms with Gasteiger partial charge < -0.3 is 10.6 Å². The quantitative estimate of drug-likeness (QED) is 0.736. The fourth-order valence-corrected chi connectivity index (χ4v) is 2.83. The van der Waals surface area contributed by atoms with Crippen LogP contribution in [0.5, 0.6) is 0 Å². The normalized spacial score (nSPS) is 11.1. The minimum atomic E-state index is 0.970. The summed E-state index contributed by atoms with van der Waals surface area (Å²) in [5.74, 6) is 0. The van der Waals surface area contributed by atoms with Gasteiger partial charge in [-0.1, -0.05) is 25.1 Å². The molecule has 1 aromatic heterocycles. The summed E-state index contributed by atoms with van der Waals surface area (Å²) in [6, 6.07) is 8.61. The standard InChI is InChI=1S/C14H20N2S/c1-2-7-15-8-9-16-10-12-11-17-14-6-4-3-5-13(12)14/h3-6,11,15-16H,2,7-10H2,1H3. The molecule has 0 saturated carbocycles. The molecule has 0 bridgehead atoms. The third-order valence-corrected chi connectivity index (χ3v) is 3.79. The maximum absolute atomic E-state index is 3.48. The summed E-state index contributed by atoms with van der Waals surface area (Å²) < 4.78 is 1.38. The monoisotopic (exact) mass is 248 g/mol. The van der Waals surface area contributed by atoms with Crippen LogP contribution in [0.4, 0.5) is 0 Å². The van der Waals surface area contributed by atoms with Gasteiger partial charge in [0.15, 0.2) is 0 Å². The molecular weight excluding hydrogens is 228 g/mol. The van der Waals surface area contributed by atoms with Crippen molar-refractivity contribution in [3.63, 3.8) is 0 Å². The lowest BCUT2D eigenvalue weighted by Gasteiger charge is -2.05. The van der Waals surface area contributed by atoms with Gasteiger partial charge in [-0.05, 0) is 35.4 Å². The summed E-state index contributed by atoms with van der Waals surface area (Å²) in [4.78, 5) is 0. The molecule has 1 aromatic carbocycles. The molecule has 0 aliphatic carbocycles. The molecular formula is C14H20N2S. The topological polar surface area (TPSA) is 24.1 Å². The first-order valence-corrected chi connectivity index (χ1v) is 7.16. The van der Waals surface area contributed by atoms with E-state index in [2.05, 4.69) is 47.2 Å². The third-order valence-electron chi connectivity index (χ3n) is 2.78. The summed E-state index contributed by atoms with van der Waals surface area (Å²) in [5.41, 5.74) is 1.42. The smallest absolute Gasteiger partial charge is 0.0346 e. The Morgan fingerprint density at radius 3 is 2.76 bits per heavy atom. The van der Waals surface area contributed by atoms with Crippen LogP contribution in [0.15, 0.2) is 29.6 Å². The van der Waals surface area contributed by atoms with E-state index in [1.54, 1.807) is 0 Å². The number of fused-ring (bicyclic) bond motifs is 1. The predicted molar refractivity (Wildman–Crippen MR) is 76.7 cm³/mol. The second-order valence-corrected chi connectivity index (χ2v) is 5.10. The van der Waals surface area contributed by atoms with E-state index in [1.165, 1.54) is 22.1 Å². The van der Waals surface area contributed by atoms with E-state index in [9.17, 15) is 0 Å². The minimum absolute atomic E-state index is 0.970. The van der Waals surface area contributed by atoms with Crippen molar-refractivity contribution in [1.29, 1.82) is 0 Å². The van der Waals surface area contributed by atoms with Crippen LogP contribution in [-0.4, -0.2) is 19.6 Å². The van der Waals surface area contributed by atoms with E-state index < -0.39 is 0 Å². The molecule has 92 valence electrons. The molecule has 1 heterocycles. The van der Waals surface area contributed by atoms with Gasteiger partial charge in [-0.15, -0.1) is 11.3 Å². The second kappa shape index (κ2) is 6.74. The van der Waals surface area contributed by atoms with Crippen molar-refractivity contribution >= 4 is 21.4 Å². The molecule has 0 aliphatic heterocycles. The van der Waals surface area contributed by atoms with Crippen LogP contribution >= 0.6 is 11.3 Å². The lowest BCUT2D eigenvalue weighted by Crippen LogP contribution is -2.27. The molecule has 2 aromatic rings. The highest BCUT2D eigenvalue weighted by Crippen LogP contribution is 2.25. The summed E-state index contributed by atoms with van der Waals surface area (Å²) in [7, 11) is 0. The highest BCUT2D eigenvalue weighted by molar-refractivity contribution is 7.17. The van der Waals surface area contributed by atoms with Crippen molar-refractivity contribution in [3.05, 3.63) is 35.2 Å². The zero-order valence-electron chi connectivity index (χ0n) is 10.3. The molecule has 0 saturated heterocycles. The van der Waals surface area contributed by atoms with Crippen LogP contribution in [0.1, 0.15) is 18.9 Å². The average molecular weight is 248 g/mol. The van der Waals surface area contributed by atoms with E-state index in [0.717, 1.165) is 26.2 Å². The van der Waals surface area contributed by atoms with Gasteiger partial charge in [-0.3, -0.25) is 0 Å². The first kappa shape index (κ1) is 12.6. The van der Waals surface area contributed by atoms with E-state index in [4.69, 9.17) is 0 Å². The Labute approximate surface area is 107 Å². The zero-order valence-corrected chi connectivity index (χ0v) is 11.1. The van der Waals surface area contributed by atoms with E-state index >= 15 is 0 Å². The van der Waals surface area contributed by atoms with Gasteiger partial charge in [0.2, 0.25) is 0 Å². The van der Waals surface area contributed by atoms with Crippen molar-refractivity contribution < 1.29 is 0 Å². The summed E-state index contributed by atoms with van der Waals surface area (Å²) in [6.45, 7) is 6.36. The van der Waals surface area contributed by atoms with Gasteiger partial charge in [0.05, 0.1) is 0 Å². The Kier molecular flexibility index (Phi) is 4.98. The Morgan fingerprint density at radius 2 is 1.88 bits per heavy atom. The van der Waals surface area contributed by atoms with Crippen LogP contribution in [0.25, 0.3) is 10.1 Å². The van der Waals surface area contributed by atoms with Crippen molar-refractivity contribution in [1.82, 2.24) is 10.6 Å². The Hall–Kier alpha value is -0.900. The molecule has 17 heavy (non-hydrogen) atoms. The molecule has 0 unspecified atom stereocenters. The third kappa shape index (κ3) is 3.53. The highest BCUT2D eigenvalue weighted by atomic mass is 32.1. The Morgan fingerprint density at radius 1 is 1.06 bits per heavy atom. The molecule has 0 radical (unpaired) electrons. The summed E-state index contributed by atoms with van der Waals surface area (Å²) >= 11 is 1.83. The maximum Gasteiger partial charge on any atom is 0.0346 e. The van der Waals surface area contributed by atoms with Crippen molar-refractivity contribution in [2.24, 2.45) is 0 Å². The molecule has 3 heteroatoms. The molecule has 2 rings (SSSR count). The first-order chi connectivity index (χ1) is 8.42. The van der Waals surface area contributed by atoms with Crippen molar-refractivity contribution in [2.75, 3.05) is 19.6 Å². The largest absolute Gasteiger partial charge is 0.315 e. The molecule has 2 N–H and O–H groups in total. The van der Waals surface area contributed by atoms with Gasteiger partial charge in [0.25, 0.3) is 0 Å². The number of hydrogen-bond donors (Lipinski definition) is 2. The van der Waals surface area contributed by atoms with Crippen LogP contribution in [-0.2, 0) is 6.54 Å². The minimum Gasteiger partial charge on any atom is -0.315 e. The first-order valence-electron chi connectivity index (χ1n) is 6.28. The lowest BCUT2D eigenvalue weighted by molar-refractivity contribution is 0.608. The highest BCUT2D eigenvalue weighted by Gasteiger charge is 2.01. The number of rotatable bonds is 7. The van der Waals surface area contributed by atoms with Crippen molar-refractivity contribution in [2.45, 2.75) is 19.9 Å². The number of benzene rings is 1. The van der Waals surface area contributed by atoms with E-state index in [-0.39, 0.29) is 0 Å².